The molecule has 0 radical (unpaired) electrons. The zero-order valence-corrected chi connectivity index (χ0v) is 11.7. The highest BCUT2D eigenvalue weighted by molar-refractivity contribution is 5.35. The van der Waals surface area contributed by atoms with Crippen LogP contribution in [0.5, 0.6) is 0 Å². The highest BCUT2D eigenvalue weighted by atomic mass is 19.3. The van der Waals surface area contributed by atoms with Crippen molar-refractivity contribution in [3.63, 3.8) is 0 Å². The third-order valence-corrected chi connectivity index (χ3v) is 3.50. The summed E-state index contributed by atoms with van der Waals surface area (Å²) in [5.41, 5.74) is 2.54. The summed E-state index contributed by atoms with van der Waals surface area (Å²) in [6.45, 7) is -0.473. The Bertz CT molecular complexity index is 669. The number of benzene rings is 2. The van der Waals surface area contributed by atoms with E-state index in [1.807, 2.05) is 0 Å². The molecule has 0 bridgehead atoms. The fourth-order valence-electron chi connectivity index (χ4n) is 2.20. The van der Waals surface area contributed by atoms with E-state index in [-0.39, 0.29) is 5.56 Å². The zero-order valence-electron chi connectivity index (χ0n) is 11.7. The number of alkyl halides is 6. The van der Waals surface area contributed by atoms with Crippen molar-refractivity contribution in [3.05, 3.63) is 71.3 Å². The van der Waals surface area contributed by atoms with Gasteiger partial charge in [0.15, 0.2) is 0 Å². The van der Waals surface area contributed by atoms with Gasteiger partial charge in [-0.1, -0.05) is 54.6 Å². The van der Waals surface area contributed by atoms with Crippen LogP contribution in [0, 0.1) is 0 Å². The summed E-state index contributed by atoms with van der Waals surface area (Å²) in [6.07, 6.45) is 0. The Morgan fingerprint density at radius 2 is 1.22 bits per heavy atom. The molecule has 2 rings (SSSR count). The van der Waals surface area contributed by atoms with Crippen LogP contribution in [0.2, 0.25) is 0 Å². The maximum atomic E-state index is 14.3. The van der Waals surface area contributed by atoms with Crippen LogP contribution in [0.1, 0.15) is 16.7 Å². The summed E-state index contributed by atoms with van der Waals surface area (Å²) >= 11 is 0. The molecule has 2 aromatic rings. The predicted octanol–water partition coefficient (Wildman–Crippen LogP) is 4.66. The quantitative estimate of drug-likeness (QED) is 0.791. The van der Waals surface area contributed by atoms with E-state index < -0.39 is 35.4 Å². The molecule has 0 aliphatic carbocycles. The molecule has 2 aromatic carbocycles. The number of rotatable bonds is 5. The van der Waals surface area contributed by atoms with Crippen LogP contribution in [0.3, 0.4) is 0 Å². The van der Waals surface area contributed by atoms with Crippen molar-refractivity contribution in [2.45, 2.75) is 24.3 Å². The molecule has 0 saturated carbocycles. The molecule has 0 aliphatic rings. The Hall–Kier alpha value is -2.02. The third-order valence-electron chi connectivity index (χ3n) is 3.50. The van der Waals surface area contributed by atoms with E-state index in [9.17, 15) is 26.3 Å². The molecular formula is C16H13F6N. The zero-order chi connectivity index (χ0) is 17.3. The average Bonchev–Trinajstić information content (AvgIpc) is 2.55. The Morgan fingerprint density at radius 1 is 0.696 bits per heavy atom. The molecule has 2 N–H and O–H groups in total. The fourth-order valence-corrected chi connectivity index (χ4v) is 2.20. The van der Waals surface area contributed by atoms with Gasteiger partial charge in [0, 0.05) is 17.7 Å². The summed E-state index contributed by atoms with van der Waals surface area (Å²) in [6, 6.07) is 8.99. The maximum Gasteiger partial charge on any atom is 0.380 e. The normalized spacial score (nSPS) is 13.2. The molecule has 7 heteroatoms. The van der Waals surface area contributed by atoms with Crippen LogP contribution >= 0.6 is 0 Å². The fraction of sp³-hybridized carbons (Fsp3) is 0.250. The second-order valence-electron chi connectivity index (χ2n) is 4.95. The molecule has 0 fully saturated rings. The predicted molar refractivity (Wildman–Crippen MR) is 73.5 cm³/mol. The van der Waals surface area contributed by atoms with Crippen LogP contribution < -0.4 is 5.73 Å². The SMILES string of the molecule is NCc1ccccc1C(F)(F)C(F)(F)C(F)(F)c1ccccc1. The van der Waals surface area contributed by atoms with Crippen molar-refractivity contribution in [1.82, 2.24) is 0 Å². The van der Waals surface area contributed by atoms with Crippen LogP contribution in [0.15, 0.2) is 54.6 Å². The van der Waals surface area contributed by atoms with Gasteiger partial charge < -0.3 is 5.73 Å². The van der Waals surface area contributed by atoms with Gasteiger partial charge in [-0.15, -0.1) is 0 Å². The van der Waals surface area contributed by atoms with E-state index in [1.54, 1.807) is 0 Å². The summed E-state index contributed by atoms with van der Waals surface area (Å²) in [5, 5.41) is 0. The van der Waals surface area contributed by atoms with Gasteiger partial charge in [0.2, 0.25) is 0 Å². The van der Waals surface area contributed by atoms with Gasteiger partial charge in [-0.2, -0.15) is 26.3 Å². The molecule has 0 aromatic heterocycles. The van der Waals surface area contributed by atoms with E-state index in [1.165, 1.54) is 12.1 Å². The second kappa shape index (κ2) is 5.88. The Balaban J connectivity index is 2.56. The lowest BCUT2D eigenvalue weighted by Crippen LogP contribution is -2.51. The van der Waals surface area contributed by atoms with E-state index in [2.05, 4.69) is 0 Å². The molecule has 0 saturated heterocycles. The van der Waals surface area contributed by atoms with Crippen molar-refractivity contribution in [2.75, 3.05) is 0 Å². The molecular weight excluding hydrogens is 320 g/mol. The Kier molecular flexibility index (Phi) is 4.43. The van der Waals surface area contributed by atoms with Gasteiger partial charge in [-0.25, -0.2) is 0 Å². The minimum atomic E-state index is -5.63. The van der Waals surface area contributed by atoms with E-state index in [0.717, 1.165) is 24.3 Å². The molecule has 0 atom stereocenters. The first-order valence-electron chi connectivity index (χ1n) is 6.63. The maximum absolute atomic E-state index is 14.3. The molecule has 1 nitrogen and oxygen atoms in total. The van der Waals surface area contributed by atoms with Crippen LogP contribution in [0.25, 0.3) is 0 Å². The first-order valence-corrected chi connectivity index (χ1v) is 6.63. The third kappa shape index (κ3) is 2.69. The number of halogens is 6. The summed E-state index contributed by atoms with van der Waals surface area (Å²) in [7, 11) is 0. The van der Waals surface area contributed by atoms with Crippen molar-refractivity contribution >= 4 is 0 Å². The van der Waals surface area contributed by atoms with Crippen molar-refractivity contribution in [3.8, 4) is 0 Å². The number of nitrogens with two attached hydrogens (primary N) is 1. The van der Waals surface area contributed by atoms with Gasteiger partial charge in [-0.3, -0.25) is 0 Å². The molecule has 0 heterocycles. The Labute approximate surface area is 128 Å². The minimum absolute atomic E-state index is 0.318. The second-order valence-corrected chi connectivity index (χ2v) is 4.95. The van der Waals surface area contributed by atoms with Gasteiger partial charge in [0.1, 0.15) is 0 Å². The largest absolute Gasteiger partial charge is 0.380 e. The smallest absolute Gasteiger partial charge is 0.326 e. The van der Waals surface area contributed by atoms with Crippen LogP contribution in [-0.2, 0) is 18.4 Å². The molecule has 0 spiro atoms. The highest BCUT2D eigenvalue weighted by Gasteiger charge is 2.72. The summed E-state index contributed by atoms with van der Waals surface area (Å²) in [4.78, 5) is 0. The van der Waals surface area contributed by atoms with E-state index in [0.29, 0.717) is 18.2 Å². The van der Waals surface area contributed by atoms with Crippen molar-refractivity contribution in [2.24, 2.45) is 5.73 Å². The van der Waals surface area contributed by atoms with Gasteiger partial charge in [0.05, 0.1) is 0 Å². The van der Waals surface area contributed by atoms with Gasteiger partial charge >= 0.3 is 17.8 Å². The lowest BCUT2D eigenvalue weighted by atomic mass is 9.90. The van der Waals surface area contributed by atoms with Crippen LogP contribution in [-0.4, -0.2) is 5.92 Å². The standard InChI is InChI=1S/C16H13F6N/c17-14(18,12-7-2-1-3-8-12)16(21,22)15(19,20)13-9-5-4-6-11(13)10-23/h1-9H,10,23H2. The minimum Gasteiger partial charge on any atom is -0.326 e. The lowest BCUT2D eigenvalue weighted by Gasteiger charge is -2.34. The van der Waals surface area contributed by atoms with Crippen molar-refractivity contribution < 1.29 is 26.3 Å². The Morgan fingerprint density at radius 3 is 1.78 bits per heavy atom. The van der Waals surface area contributed by atoms with Crippen molar-refractivity contribution in [1.29, 1.82) is 0 Å². The molecule has 124 valence electrons. The molecule has 0 aliphatic heterocycles. The number of hydrogen-bond donors (Lipinski definition) is 1. The first-order chi connectivity index (χ1) is 10.7. The van der Waals surface area contributed by atoms with Crippen LogP contribution in [0.4, 0.5) is 26.3 Å². The monoisotopic (exact) mass is 333 g/mol. The molecule has 23 heavy (non-hydrogen) atoms. The van der Waals surface area contributed by atoms with E-state index >= 15 is 0 Å². The lowest BCUT2D eigenvalue weighted by molar-refractivity contribution is -0.321. The number of hydrogen-bond acceptors (Lipinski definition) is 1. The highest BCUT2D eigenvalue weighted by Crippen LogP contribution is 2.55. The van der Waals surface area contributed by atoms with Gasteiger partial charge in [-0.05, 0) is 5.56 Å². The molecule has 0 amide bonds. The summed E-state index contributed by atoms with van der Waals surface area (Å²) < 4.78 is 85.0. The topological polar surface area (TPSA) is 26.0 Å². The first kappa shape index (κ1) is 17.3. The molecule has 0 unspecified atom stereocenters. The summed E-state index contributed by atoms with van der Waals surface area (Å²) in [5.74, 6) is -15.8. The average molecular weight is 333 g/mol. The van der Waals surface area contributed by atoms with Gasteiger partial charge in [0.25, 0.3) is 0 Å². The van der Waals surface area contributed by atoms with E-state index in [4.69, 9.17) is 5.73 Å².